The van der Waals surface area contributed by atoms with Gasteiger partial charge in [0.15, 0.2) is 0 Å². The van der Waals surface area contributed by atoms with Crippen molar-refractivity contribution in [2.24, 2.45) is 11.7 Å². The Hall–Kier alpha value is -1.14. The van der Waals surface area contributed by atoms with Crippen LogP contribution in [0.5, 0.6) is 0 Å². The molecule has 1 atom stereocenters. The third-order valence-corrected chi connectivity index (χ3v) is 4.68. The molecule has 0 bridgehead atoms. The first-order chi connectivity index (χ1) is 11.1. The van der Waals surface area contributed by atoms with Gasteiger partial charge in [-0.25, -0.2) is 0 Å². The Labute approximate surface area is 143 Å². The molecule has 1 aliphatic heterocycles. The number of nitrogens with two attached hydrogens (primary N) is 1. The van der Waals surface area contributed by atoms with Crippen LogP contribution in [0.25, 0.3) is 0 Å². The van der Waals surface area contributed by atoms with Crippen LogP contribution in [-0.4, -0.2) is 50.2 Å². The van der Waals surface area contributed by atoms with Gasteiger partial charge in [-0.2, -0.15) is 0 Å². The van der Waals surface area contributed by atoms with Crippen molar-refractivity contribution in [3.63, 3.8) is 0 Å². The third kappa shape index (κ3) is 5.77. The van der Waals surface area contributed by atoms with Crippen molar-refractivity contribution in [3.8, 4) is 0 Å². The van der Waals surface area contributed by atoms with Gasteiger partial charge in [0.05, 0.1) is 6.61 Å². The fourth-order valence-electron chi connectivity index (χ4n) is 2.85. The second-order valence-electron chi connectivity index (χ2n) is 6.12. The topological polar surface area (TPSA) is 67.6 Å². The van der Waals surface area contributed by atoms with Gasteiger partial charge in [0, 0.05) is 25.2 Å². The van der Waals surface area contributed by atoms with Crippen molar-refractivity contribution in [2.45, 2.75) is 25.4 Å². The molecule has 1 heterocycles. The smallest absolute Gasteiger partial charge is 0.239 e. The molecule has 1 aliphatic rings. The molecule has 0 spiro atoms. The summed E-state index contributed by atoms with van der Waals surface area (Å²) in [7, 11) is 1.54. The van der Waals surface area contributed by atoms with Gasteiger partial charge in [-0.1, -0.05) is 29.8 Å². The maximum atomic E-state index is 11.8. The van der Waals surface area contributed by atoms with Gasteiger partial charge < -0.3 is 15.8 Å². The number of methoxy groups -OCH3 is 1. The highest BCUT2D eigenvalue weighted by atomic mass is 35.5. The highest BCUT2D eigenvalue weighted by Gasteiger charge is 2.21. The van der Waals surface area contributed by atoms with Crippen LogP contribution in [0.1, 0.15) is 18.4 Å². The van der Waals surface area contributed by atoms with Crippen molar-refractivity contribution in [1.82, 2.24) is 10.2 Å². The Morgan fingerprint density at radius 2 is 2.13 bits per heavy atom. The molecule has 1 fully saturated rings. The Morgan fingerprint density at radius 3 is 2.78 bits per heavy atom. The monoisotopic (exact) mass is 339 g/mol. The average Bonchev–Trinajstić information content (AvgIpc) is 2.56. The van der Waals surface area contributed by atoms with E-state index in [0.717, 1.165) is 37.5 Å². The van der Waals surface area contributed by atoms with Crippen molar-refractivity contribution in [1.29, 1.82) is 0 Å². The van der Waals surface area contributed by atoms with Gasteiger partial charge in [0.25, 0.3) is 0 Å². The van der Waals surface area contributed by atoms with Crippen LogP contribution in [0.4, 0.5) is 0 Å². The maximum absolute atomic E-state index is 11.8. The molecule has 1 amide bonds. The number of likely N-dealkylation sites (tertiary alicyclic amines) is 1. The van der Waals surface area contributed by atoms with E-state index in [-0.39, 0.29) is 12.5 Å². The Bertz CT molecular complexity index is 504. The summed E-state index contributed by atoms with van der Waals surface area (Å²) < 4.78 is 4.89. The number of piperidine rings is 1. The molecule has 0 radical (unpaired) electrons. The van der Waals surface area contributed by atoms with Crippen LogP contribution in [0.15, 0.2) is 24.3 Å². The number of ether oxygens (including phenoxy) is 1. The zero-order valence-electron chi connectivity index (χ0n) is 13.6. The molecule has 1 aromatic carbocycles. The van der Waals surface area contributed by atoms with Gasteiger partial charge in [-0.3, -0.25) is 9.69 Å². The van der Waals surface area contributed by atoms with E-state index in [9.17, 15) is 4.79 Å². The van der Waals surface area contributed by atoms with Crippen molar-refractivity contribution >= 4 is 17.5 Å². The summed E-state index contributed by atoms with van der Waals surface area (Å²) in [6.07, 6.45) is 2.15. The molecule has 1 unspecified atom stereocenters. The molecule has 0 saturated carbocycles. The molecule has 0 aliphatic carbocycles. The quantitative estimate of drug-likeness (QED) is 0.792. The lowest BCUT2D eigenvalue weighted by Gasteiger charge is -2.32. The molecule has 1 saturated heterocycles. The van der Waals surface area contributed by atoms with Crippen LogP contribution >= 0.6 is 11.6 Å². The van der Waals surface area contributed by atoms with E-state index in [1.54, 1.807) is 7.11 Å². The molecule has 1 aromatic rings. The minimum Gasteiger partial charge on any atom is -0.383 e. The largest absolute Gasteiger partial charge is 0.383 e. The van der Waals surface area contributed by atoms with Gasteiger partial charge >= 0.3 is 0 Å². The Kier molecular flexibility index (Phi) is 7.30. The van der Waals surface area contributed by atoms with Crippen molar-refractivity contribution < 1.29 is 9.53 Å². The summed E-state index contributed by atoms with van der Waals surface area (Å²) in [5.41, 5.74) is 6.88. The summed E-state index contributed by atoms with van der Waals surface area (Å²) in [5, 5.41) is 3.75. The minimum atomic E-state index is -0.583. The van der Waals surface area contributed by atoms with Crippen molar-refractivity contribution in [3.05, 3.63) is 34.9 Å². The molecular formula is C17H26ClN3O2. The number of carbonyl (C=O) groups is 1. The molecular weight excluding hydrogens is 314 g/mol. The third-order valence-electron chi connectivity index (χ3n) is 4.31. The normalized spacial score (nSPS) is 17.9. The van der Waals surface area contributed by atoms with Gasteiger partial charge in [-0.15, -0.1) is 0 Å². The Morgan fingerprint density at radius 1 is 1.43 bits per heavy atom. The predicted octanol–water partition coefficient (Wildman–Crippen LogP) is 1.64. The highest BCUT2D eigenvalue weighted by Crippen LogP contribution is 2.21. The molecule has 128 valence electrons. The zero-order valence-corrected chi connectivity index (χ0v) is 14.4. The van der Waals surface area contributed by atoms with Gasteiger partial charge in [0.1, 0.15) is 6.04 Å². The van der Waals surface area contributed by atoms with E-state index in [1.807, 2.05) is 18.2 Å². The fourth-order valence-corrected chi connectivity index (χ4v) is 3.04. The standard InChI is InChI=1S/C17H26ClN3O2/c1-23-12-16(19)17(22)20-10-13-6-8-21(9-7-13)11-14-4-2-3-5-15(14)18/h2-5,13,16H,6-12,19H2,1H3,(H,20,22). The molecule has 3 N–H and O–H groups in total. The minimum absolute atomic E-state index is 0.134. The van der Waals surface area contributed by atoms with E-state index in [2.05, 4.69) is 16.3 Å². The predicted molar refractivity (Wildman–Crippen MR) is 92.3 cm³/mol. The zero-order chi connectivity index (χ0) is 16.7. The SMILES string of the molecule is COCC(N)C(=O)NCC1CCN(Cc2ccccc2Cl)CC1. The first kappa shape index (κ1) is 18.2. The lowest BCUT2D eigenvalue weighted by Crippen LogP contribution is -2.46. The van der Waals surface area contributed by atoms with Crippen LogP contribution in [0.2, 0.25) is 5.02 Å². The second-order valence-corrected chi connectivity index (χ2v) is 6.53. The summed E-state index contributed by atoms with van der Waals surface area (Å²) in [6, 6.07) is 7.40. The van der Waals surface area contributed by atoms with E-state index in [0.29, 0.717) is 12.5 Å². The number of halogens is 1. The number of hydrogen-bond acceptors (Lipinski definition) is 4. The van der Waals surface area contributed by atoms with Gasteiger partial charge in [0.2, 0.25) is 5.91 Å². The molecule has 0 aromatic heterocycles. The second kappa shape index (κ2) is 9.23. The highest BCUT2D eigenvalue weighted by molar-refractivity contribution is 6.31. The fraction of sp³-hybridized carbons (Fsp3) is 0.588. The maximum Gasteiger partial charge on any atom is 0.239 e. The number of carbonyl (C=O) groups excluding carboxylic acids is 1. The van der Waals surface area contributed by atoms with Crippen LogP contribution in [0, 0.1) is 5.92 Å². The Balaban J connectivity index is 1.70. The van der Waals surface area contributed by atoms with E-state index in [4.69, 9.17) is 22.1 Å². The molecule has 2 rings (SSSR count). The lowest BCUT2D eigenvalue weighted by atomic mass is 9.96. The van der Waals surface area contributed by atoms with E-state index >= 15 is 0 Å². The number of nitrogens with zero attached hydrogens (tertiary/aromatic N) is 1. The van der Waals surface area contributed by atoms with E-state index < -0.39 is 6.04 Å². The molecule has 23 heavy (non-hydrogen) atoms. The number of nitrogens with one attached hydrogen (secondary N) is 1. The summed E-state index contributed by atoms with van der Waals surface area (Å²) in [6.45, 7) is 3.88. The van der Waals surface area contributed by atoms with Crippen LogP contribution < -0.4 is 11.1 Å². The number of amides is 1. The summed E-state index contributed by atoms with van der Waals surface area (Å²) >= 11 is 6.22. The number of rotatable bonds is 7. The number of hydrogen-bond donors (Lipinski definition) is 2. The van der Waals surface area contributed by atoms with Crippen LogP contribution in [0.3, 0.4) is 0 Å². The van der Waals surface area contributed by atoms with Crippen molar-refractivity contribution in [2.75, 3.05) is 33.4 Å². The van der Waals surface area contributed by atoms with Crippen LogP contribution in [-0.2, 0) is 16.1 Å². The first-order valence-electron chi connectivity index (χ1n) is 8.08. The van der Waals surface area contributed by atoms with E-state index in [1.165, 1.54) is 5.56 Å². The first-order valence-corrected chi connectivity index (χ1v) is 8.46. The average molecular weight is 340 g/mol. The summed E-state index contributed by atoms with van der Waals surface area (Å²) in [5.74, 6) is 0.376. The molecule has 5 nitrogen and oxygen atoms in total. The lowest BCUT2D eigenvalue weighted by molar-refractivity contribution is -0.123. The summed E-state index contributed by atoms with van der Waals surface area (Å²) in [4.78, 5) is 14.2. The van der Waals surface area contributed by atoms with Gasteiger partial charge in [-0.05, 0) is 43.5 Å². The molecule has 6 heteroatoms. The number of benzene rings is 1.